The number of carbonyl (C=O) groups excluding carboxylic acids is 4. The standard InChI is InChI=1S/C39H43F3O11/c1-19-14-27(51-35(46)38(48-6,39(40,41)42)22-10-8-7-9-11-22)33(44)37(4)23(19)16-28-36(3)24(17-29(43)52-28)20(2)30(47-5)31(32(36)37)53-34(45)21-12-13-25-26(15-21)50-18-49-25/h7-13,15,19-20,23-24,27-28,30-32H,14,16-18H2,1-6H3/t19-,20-,23+,24+,27+,28-,30+,31-,32+,36-,37+,38-/m1/s1. The number of hydrogen-bond acceptors (Lipinski definition) is 11. The molecule has 2 aromatic rings. The van der Waals surface area contributed by atoms with Gasteiger partial charge in [-0.3, -0.25) is 9.59 Å². The molecule has 7 rings (SSSR count). The van der Waals surface area contributed by atoms with Gasteiger partial charge in [-0.1, -0.05) is 58.0 Å². The van der Waals surface area contributed by atoms with E-state index in [-0.39, 0.29) is 49.4 Å². The zero-order chi connectivity index (χ0) is 38.2. The first-order chi connectivity index (χ1) is 25.0. The van der Waals surface area contributed by atoms with Crippen LogP contribution in [0.25, 0.3) is 0 Å². The first-order valence-electron chi connectivity index (χ1n) is 17.8. The lowest BCUT2D eigenvalue weighted by atomic mass is 9.37. The number of alkyl halides is 3. The molecule has 3 saturated carbocycles. The summed E-state index contributed by atoms with van der Waals surface area (Å²) in [7, 11) is 2.23. The topological polar surface area (TPSA) is 133 Å². The van der Waals surface area contributed by atoms with Crippen molar-refractivity contribution in [2.24, 2.45) is 40.4 Å². The molecule has 0 N–H and O–H groups in total. The number of halogens is 3. The van der Waals surface area contributed by atoms with Gasteiger partial charge in [0, 0.05) is 43.0 Å². The Bertz CT molecular complexity index is 1800. The molecule has 1 saturated heterocycles. The van der Waals surface area contributed by atoms with Crippen LogP contribution in [0.1, 0.15) is 62.9 Å². The Kier molecular flexibility index (Phi) is 9.11. The van der Waals surface area contributed by atoms with Gasteiger partial charge in [-0.05, 0) is 54.7 Å². The van der Waals surface area contributed by atoms with E-state index in [0.29, 0.717) is 11.5 Å². The summed E-state index contributed by atoms with van der Waals surface area (Å²) in [6.45, 7) is 7.37. The lowest BCUT2D eigenvalue weighted by Crippen LogP contribution is -2.75. The van der Waals surface area contributed by atoms with Crippen LogP contribution in [-0.2, 0) is 43.7 Å². The highest BCUT2D eigenvalue weighted by molar-refractivity contribution is 5.94. The number of esters is 3. The van der Waals surface area contributed by atoms with E-state index in [1.165, 1.54) is 37.4 Å². The minimum atomic E-state index is -5.25. The van der Waals surface area contributed by atoms with Gasteiger partial charge in [-0.25, -0.2) is 9.59 Å². The van der Waals surface area contributed by atoms with Crippen molar-refractivity contribution in [3.8, 4) is 11.5 Å². The fraction of sp³-hybridized carbons (Fsp3) is 0.590. The van der Waals surface area contributed by atoms with Crippen LogP contribution in [0.15, 0.2) is 48.5 Å². The summed E-state index contributed by atoms with van der Waals surface area (Å²) >= 11 is 0. The number of rotatable bonds is 7. The van der Waals surface area contributed by atoms with Crippen LogP contribution in [0.4, 0.5) is 13.2 Å². The summed E-state index contributed by atoms with van der Waals surface area (Å²) in [5.41, 5.74) is -6.26. The number of ether oxygens (including phenoxy) is 7. The van der Waals surface area contributed by atoms with E-state index in [2.05, 4.69) is 0 Å². The molecule has 12 atom stereocenters. The van der Waals surface area contributed by atoms with Crippen LogP contribution in [0.2, 0.25) is 0 Å². The molecule has 0 spiro atoms. The van der Waals surface area contributed by atoms with E-state index in [4.69, 9.17) is 33.2 Å². The second-order valence-electron chi connectivity index (χ2n) is 15.5. The van der Waals surface area contributed by atoms with Gasteiger partial charge in [-0.2, -0.15) is 13.2 Å². The molecule has 3 aliphatic carbocycles. The van der Waals surface area contributed by atoms with Gasteiger partial charge in [0.05, 0.1) is 11.7 Å². The average molecular weight is 745 g/mol. The third-order valence-corrected chi connectivity index (χ3v) is 13.2. The summed E-state index contributed by atoms with van der Waals surface area (Å²) in [6, 6.07) is 11.0. The van der Waals surface area contributed by atoms with Crippen molar-refractivity contribution in [2.75, 3.05) is 21.0 Å². The number of Topliss-reactive ketones (excluding diaryl/α,β-unsaturated/α-hetero) is 1. The quantitative estimate of drug-likeness (QED) is 0.251. The SMILES string of the molecule is CO[C@H]1[C@H](C)[C@@H]2CC(=O)O[C@@H]3C[C@H]4[C@H](C)C[C@H](OC(=O)[C@](OC)(c5ccccc5)C(F)(F)F)C(=O)[C@]4(C)[C@@H]([C@@H]1OC(=O)c1ccc4c(c1)OCO4)[C@@]32C. The third kappa shape index (κ3) is 5.37. The molecule has 0 bridgehead atoms. The van der Waals surface area contributed by atoms with Crippen LogP contribution in [0, 0.1) is 40.4 Å². The molecule has 0 radical (unpaired) electrons. The van der Waals surface area contributed by atoms with Crippen molar-refractivity contribution >= 4 is 23.7 Å². The summed E-state index contributed by atoms with van der Waals surface area (Å²) in [4.78, 5) is 56.1. The molecule has 53 heavy (non-hydrogen) atoms. The molecule has 5 aliphatic rings. The van der Waals surface area contributed by atoms with E-state index in [1.807, 2.05) is 20.8 Å². The highest BCUT2D eigenvalue weighted by Gasteiger charge is 2.75. The zero-order valence-corrected chi connectivity index (χ0v) is 30.3. The van der Waals surface area contributed by atoms with E-state index >= 15 is 4.79 Å². The van der Waals surface area contributed by atoms with Gasteiger partial charge in [0.25, 0.3) is 5.60 Å². The largest absolute Gasteiger partial charge is 0.462 e. The molecule has 286 valence electrons. The van der Waals surface area contributed by atoms with E-state index in [0.717, 1.165) is 19.2 Å². The first-order valence-corrected chi connectivity index (χ1v) is 17.8. The average Bonchev–Trinajstić information content (AvgIpc) is 3.58. The van der Waals surface area contributed by atoms with Gasteiger partial charge in [0.1, 0.15) is 12.2 Å². The molecule has 11 nitrogen and oxygen atoms in total. The van der Waals surface area contributed by atoms with Crippen molar-refractivity contribution in [3.63, 3.8) is 0 Å². The Morgan fingerprint density at radius 2 is 1.58 bits per heavy atom. The predicted octanol–water partition coefficient (Wildman–Crippen LogP) is 5.81. The van der Waals surface area contributed by atoms with Crippen LogP contribution in [0.3, 0.4) is 0 Å². The predicted molar refractivity (Wildman–Crippen MR) is 177 cm³/mol. The molecular weight excluding hydrogens is 701 g/mol. The van der Waals surface area contributed by atoms with Crippen LogP contribution < -0.4 is 9.47 Å². The van der Waals surface area contributed by atoms with E-state index in [9.17, 15) is 27.6 Å². The number of carbonyl (C=O) groups is 4. The fourth-order valence-electron chi connectivity index (χ4n) is 10.7. The van der Waals surface area contributed by atoms with Gasteiger partial charge >= 0.3 is 24.1 Å². The fourth-order valence-corrected chi connectivity index (χ4v) is 10.7. The van der Waals surface area contributed by atoms with E-state index in [1.54, 1.807) is 13.0 Å². The zero-order valence-electron chi connectivity index (χ0n) is 30.3. The molecule has 2 aliphatic heterocycles. The van der Waals surface area contributed by atoms with Gasteiger partial charge in [0.15, 0.2) is 23.4 Å². The Morgan fingerprint density at radius 3 is 2.25 bits per heavy atom. The van der Waals surface area contributed by atoms with Gasteiger partial charge in [-0.15, -0.1) is 0 Å². The maximum Gasteiger partial charge on any atom is 0.432 e. The second kappa shape index (κ2) is 13.0. The van der Waals surface area contributed by atoms with Crippen LogP contribution in [-0.4, -0.2) is 75.3 Å². The summed E-state index contributed by atoms with van der Waals surface area (Å²) in [5, 5.41) is 0. The number of hydrogen-bond donors (Lipinski definition) is 0. The molecule has 2 heterocycles. The Balaban J connectivity index is 1.31. The van der Waals surface area contributed by atoms with Crippen molar-refractivity contribution in [1.82, 2.24) is 0 Å². The van der Waals surface area contributed by atoms with Crippen molar-refractivity contribution in [1.29, 1.82) is 0 Å². The number of methoxy groups -OCH3 is 2. The molecule has 0 aromatic heterocycles. The minimum absolute atomic E-state index is 0.00670. The molecule has 14 heteroatoms. The molecular formula is C39H43F3O11. The second-order valence-corrected chi connectivity index (χ2v) is 15.5. The maximum absolute atomic E-state index is 15.1. The summed E-state index contributed by atoms with van der Waals surface area (Å²) in [5.74, 6) is -5.19. The smallest absolute Gasteiger partial charge is 0.432 e. The Hall–Kier alpha value is -4.17. The Morgan fingerprint density at radius 1 is 0.887 bits per heavy atom. The summed E-state index contributed by atoms with van der Waals surface area (Å²) < 4.78 is 84.7. The third-order valence-electron chi connectivity index (χ3n) is 13.2. The van der Waals surface area contributed by atoms with Crippen molar-refractivity contribution < 1.29 is 65.5 Å². The van der Waals surface area contributed by atoms with E-state index < -0.39 is 88.1 Å². The summed E-state index contributed by atoms with van der Waals surface area (Å²) in [6.07, 6.45) is -9.19. The highest BCUT2D eigenvalue weighted by atomic mass is 19.4. The Labute approximate surface area is 304 Å². The van der Waals surface area contributed by atoms with Gasteiger partial charge in [0.2, 0.25) is 6.79 Å². The normalized spacial score (nSPS) is 37.0. The monoisotopic (exact) mass is 744 g/mol. The number of fused-ring (bicyclic) bond motifs is 3. The molecule has 2 aromatic carbocycles. The molecule has 4 fully saturated rings. The number of ketones is 1. The number of benzene rings is 2. The maximum atomic E-state index is 15.1. The van der Waals surface area contributed by atoms with Crippen molar-refractivity contribution in [3.05, 3.63) is 59.7 Å². The van der Waals surface area contributed by atoms with Crippen LogP contribution in [0.5, 0.6) is 11.5 Å². The molecule has 0 unspecified atom stereocenters. The van der Waals surface area contributed by atoms with Crippen LogP contribution >= 0.6 is 0 Å². The van der Waals surface area contributed by atoms with Gasteiger partial charge < -0.3 is 33.2 Å². The highest BCUT2D eigenvalue weighted by Crippen LogP contribution is 2.69. The van der Waals surface area contributed by atoms with Crippen molar-refractivity contribution in [2.45, 2.75) is 83.2 Å². The minimum Gasteiger partial charge on any atom is -0.462 e. The first kappa shape index (κ1) is 37.2. The molecule has 0 amide bonds. The lowest BCUT2D eigenvalue weighted by molar-refractivity contribution is -0.289. The lowest BCUT2D eigenvalue weighted by Gasteiger charge is -2.69.